The topological polar surface area (TPSA) is 37.8 Å². The molecule has 0 atom stereocenters. The Morgan fingerprint density at radius 3 is 2.42 bits per heavy atom. The summed E-state index contributed by atoms with van der Waals surface area (Å²) < 4.78 is 0. The molecular formula is C8H15N3S. The van der Waals surface area contributed by atoms with Gasteiger partial charge >= 0.3 is 0 Å². The number of hydrogen-bond donors (Lipinski definition) is 1. The maximum absolute atomic E-state index is 4.11. The van der Waals surface area contributed by atoms with Crippen molar-refractivity contribution in [2.24, 2.45) is 0 Å². The van der Waals surface area contributed by atoms with Gasteiger partial charge in [0.25, 0.3) is 0 Å². The van der Waals surface area contributed by atoms with Crippen LogP contribution in [0.5, 0.6) is 0 Å². The van der Waals surface area contributed by atoms with Gasteiger partial charge in [0.15, 0.2) is 0 Å². The average molecular weight is 185 g/mol. The van der Waals surface area contributed by atoms with E-state index in [4.69, 9.17) is 0 Å². The van der Waals surface area contributed by atoms with Crippen LogP contribution < -0.4 is 5.32 Å². The molecule has 1 N–H and O–H groups in total. The number of hydrogen-bond acceptors (Lipinski definition) is 4. The molecule has 0 fully saturated rings. The lowest BCUT2D eigenvalue weighted by Crippen LogP contribution is -2.10. The van der Waals surface area contributed by atoms with Crippen LogP contribution in [0, 0.1) is 0 Å². The predicted molar refractivity (Wildman–Crippen MR) is 52.8 cm³/mol. The first kappa shape index (κ1) is 9.45. The molecule has 4 heteroatoms. The minimum Gasteiger partial charge on any atom is -0.360 e. The summed E-state index contributed by atoms with van der Waals surface area (Å²) in [6.45, 7) is 9.38. The van der Waals surface area contributed by atoms with Crippen molar-refractivity contribution in [1.82, 2.24) is 10.2 Å². The summed E-state index contributed by atoms with van der Waals surface area (Å²) in [5.74, 6) is 0. The van der Waals surface area contributed by atoms with E-state index in [1.165, 1.54) is 0 Å². The number of nitrogens with zero attached hydrogens (tertiary/aromatic N) is 2. The summed E-state index contributed by atoms with van der Waals surface area (Å²) in [5.41, 5.74) is 0.116. The Balaban J connectivity index is 2.77. The zero-order valence-electron chi connectivity index (χ0n) is 8.01. The van der Waals surface area contributed by atoms with E-state index in [-0.39, 0.29) is 5.41 Å². The molecule has 1 heterocycles. The summed E-state index contributed by atoms with van der Waals surface area (Å²) in [7, 11) is 0. The van der Waals surface area contributed by atoms with Crippen LogP contribution in [0.2, 0.25) is 0 Å². The zero-order valence-corrected chi connectivity index (χ0v) is 8.83. The minimum atomic E-state index is 0.116. The second kappa shape index (κ2) is 3.39. The van der Waals surface area contributed by atoms with Crippen LogP contribution >= 0.6 is 11.3 Å². The van der Waals surface area contributed by atoms with Crippen LogP contribution in [0.15, 0.2) is 0 Å². The first-order valence-corrected chi connectivity index (χ1v) is 4.93. The molecule has 3 nitrogen and oxygen atoms in total. The Bertz CT molecular complexity index is 249. The van der Waals surface area contributed by atoms with Gasteiger partial charge in [0.1, 0.15) is 5.01 Å². The van der Waals surface area contributed by atoms with Gasteiger partial charge in [-0.15, -0.1) is 10.2 Å². The van der Waals surface area contributed by atoms with Crippen molar-refractivity contribution in [2.45, 2.75) is 33.1 Å². The van der Waals surface area contributed by atoms with E-state index < -0.39 is 0 Å². The highest BCUT2D eigenvalue weighted by molar-refractivity contribution is 7.15. The molecule has 0 spiro atoms. The molecule has 0 amide bonds. The molecule has 1 aromatic rings. The van der Waals surface area contributed by atoms with Crippen molar-refractivity contribution in [1.29, 1.82) is 0 Å². The van der Waals surface area contributed by atoms with E-state index in [0.717, 1.165) is 16.7 Å². The van der Waals surface area contributed by atoms with Gasteiger partial charge in [-0.2, -0.15) is 0 Å². The zero-order chi connectivity index (χ0) is 9.19. The first-order chi connectivity index (χ1) is 5.54. The van der Waals surface area contributed by atoms with Crippen LogP contribution in [-0.2, 0) is 5.41 Å². The molecule has 1 rings (SSSR count). The number of aromatic nitrogens is 2. The summed E-state index contributed by atoms with van der Waals surface area (Å²) in [6.07, 6.45) is 0. The quantitative estimate of drug-likeness (QED) is 0.768. The Kier molecular flexibility index (Phi) is 2.67. The Morgan fingerprint density at radius 1 is 1.33 bits per heavy atom. The molecule has 0 aliphatic heterocycles. The van der Waals surface area contributed by atoms with Gasteiger partial charge in [-0.1, -0.05) is 32.1 Å². The first-order valence-electron chi connectivity index (χ1n) is 4.12. The highest BCUT2D eigenvalue weighted by Gasteiger charge is 2.18. The van der Waals surface area contributed by atoms with Gasteiger partial charge < -0.3 is 5.32 Å². The molecule has 0 aliphatic carbocycles. The van der Waals surface area contributed by atoms with Gasteiger partial charge in [0.2, 0.25) is 5.13 Å². The van der Waals surface area contributed by atoms with Crippen molar-refractivity contribution in [3.05, 3.63) is 5.01 Å². The van der Waals surface area contributed by atoms with Crippen LogP contribution in [0.1, 0.15) is 32.7 Å². The third-order valence-corrected chi connectivity index (χ3v) is 2.70. The number of rotatable bonds is 2. The summed E-state index contributed by atoms with van der Waals surface area (Å²) in [4.78, 5) is 0. The fraction of sp³-hybridized carbons (Fsp3) is 0.750. The largest absolute Gasteiger partial charge is 0.360 e. The van der Waals surface area contributed by atoms with Crippen molar-refractivity contribution in [3.63, 3.8) is 0 Å². The molecule has 68 valence electrons. The Morgan fingerprint density at radius 2 is 2.00 bits per heavy atom. The molecule has 0 unspecified atom stereocenters. The predicted octanol–water partition coefficient (Wildman–Crippen LogP) is 2.27. The van der Waals surface area contributed by atoms with E-state index in [0.29, 0.717) is 0 Å². The third-order valence-electron chi connectivity index (χ3n) is 1.39. The smallest absolute Gasteiger partial charge is 0.205 e. The van der Waals surface area contributed by atoms with Crippen molar-refractivity contribution in [2.75, 3.05) is 11.9 Å². The summed E-state index contributed by atoms with van der Waals surface area (Å²) in [5, 5.41) is 13.3. The van der Waals surface area contributed by atoms with E-state index in [1.807, 2.05) is 0 Å². The third kappa shape index (κ3) is 2.17. The molecule has 1 aromatic heterocycles. The highest BCUT2D eigenvalue weighted by Crippen LogP contribution is 2.27. The van der Waals surface area contributed by atoms with E-state index in [9.17, 15) is 0 Å². The van der Waals surface area contributed by atoms with Crippen LogP contribution in [0.3, 0.4) is 0 Å². The molecule has 0 saturated carbocycles. The van der Waals surface area contributed by atoms with E-state index in [1.54, 1.807) is 11.3 Å². The minimum absolute atomic E-state index is 0.116. The average Bonchev–Trinajstić information content (AvgIpc) is 2.35. The Hall–Kier alpha value is -0.640. The normalized spacial score (nSPS) is 11.7. The molecule has 0 aliphatic rings. The maximum Gasteiger partial charge on any atom is 0.205 e. The molecule has 0 radical (unpaired) electrons. The van der Waals surface area contributed by atoms with Gasteiger partial charge in [-0.05, 0) is 6.92 Å². The fourth-order valence-corrected chi connectivity index (χ4v) is 1.62. The van der Waals surface area contributed by atoms with Gasteiger partial charge in [0, 0.05) is 12.0 Å². The standard InChI is InChI=1S/C8H15N3S/c1-5-9-7-11-10-6(12-7)8(2,3)4/h5H2,1-4H3,(H,9,11). The van der Waals surface area contributed by atoms with Gasteiger partial charge in [0.05, 0.1) is 0 Å². The van der Waals surface area contributed by atoms with E-state index >= 15 is 0 Å². The second-order valence-corrected chi connectivity index (χ2v) is 4.67. The van der Waals surface area contributed by atoms with Gasteiger partial charge in [-0.3, -0.25) is 0 Å². The van der Waals surface area contributed by atoms with Crippen LogP contribution in [-0.4, -0.2) is 16.7 Å². The molecule has 0 aromatic carbocycles. The lowest BCUT2D eigenvalue weighted by atomic mass is 9.98. The monoisotopic (exact) mass is 185 g/mol. The summed E-state index contributed by atoms with van der Waals surface area (Å²) >= 11 is 1.63. The molecule has 0 saturated heterocycles. The van der Waals surface area contributed by atoms with Crippen LogP contribution in [0.4, 0.5) is 5.13 Å². The lowest BCUT2D eigenvalue weighted by molar-refractivity contribution is 0.578. The van der Waals surface area contributed by atoms with Crippen molar-refractivity contribution >= 4 is 16.5 Å². The number of anilines is 1. The molecular weight excluding hydrogens is 170 g/mol. The fourth-order valence-electron chi connectivity index (χ4n) is 0.749. The van der Waals surface area contributed by atoms with E-state index in [2.05, 4.69) is 43.2 Å². The maximum atomic E-state index is 4.11. The van der Waals surface area contributed by atoms with Crippen molar-refractivity contribution < 1.29 is 0 Å². The van der Waals surface area contributed by atoms with Crippen LogP contribution in [0.25, 0.3) is 0 Å². The second-order valence-electron chi connectivity index (χ2n) is 3.69. The SMILES string of the molecule is CCNc1nnc(C(C)(C)C)s1. The number of nitrogens with one attached hydrogen (secondary N) is 1. The molecule has 12 heavy (non-hydrogen) atoms. The van der Waals surface area contributed by atoms with Gasteiger partial charge in [-0.25, -0.2) is 0 Å². The van der Waals surface area contributed by atoms with Crippen molar-refractivity contribution in [3.8, 4) is 0 Å². The lowest BCUT2D eigenvalue weighted by Gasteiger charge is -2.12. The summed E-state index contributed by atoms with van der Waals surface area (Å²) in [6, 6.07) is 0. The highest BCUT2D eigenvalue weighted by atomic mass is 32.1. The Labute approximate surface area is 77.2 Å². The molecule has 0 bridgehead atoms.